The lowest BCUT2D eigenvalue weighted by molar-refractivity contribution is -0.119. The van der Waals surface area contributed by atoms with Crippen LogP contribution in [0.2, 0.25) is 0 Å². The molecule has 0 aliphatic carbocycles. The van der Waals surface area contributed by atoms with Crippen molar-refractivity contribution < 1.29 is 37.3 Å². The van der Waals surface area contributed by atoms with Crippen molar-refractivity contribution in [2.45, 2.75) is 62.6 Å². The fraction of sp³-hybridized carbons (Fsp3) is 0.552. The number of carboxylic acid groups (broad SMARTS) is 1. The minimum Gasteiger partial charge on any atom is -0.465 e. The molecule has 1 unspecified atom stereocenters. The van der Waals surface area contributed by atoms with E-state index in [9.17, 15) is 28.2 Å². The topological polar surface area (TPSA) is 156 Å². The molecule has 43 heavy (non-hydrogen) atoms. The molecule has 3 fully saturated rings. The lowest BCUT2D eigenvalue weighted by Crippen LogP contribution is -2.55. The van der Waals surface area contributed by atoms with Crippen LogP contribution in [0.3, 0.4) is 0 Å². The SMILES string of the molecule is O=C(O)N[C@H](C(=O)Nc1cncc(F)c1CC[C@H]1CN[C@@H]2CCCS(O)(O)N1C2)[C@@H](c1ccc(F)cc1)C1CCOCC1. The molecule has 3 aliphatic rings. The molecule has 0 radical (unpaired) electrons. The van der Waals surface area contributed by atoms with E-state index >= 15 is 4.39 Å². The first-order chi connectivity index (χ1) is 20.6. The Bertz CT molecular complexity index is 1280. The summed E-state index contributed by atoms with van der Waals surface area (Å²) in [7, 11) is -2.94. The van der Waals surface area contributed by atoms with Crippen molar-refractivity contribution in [3.05, 3.63) is 59.4 Å². The Morgan fingerprint density at radius 2 is 1.88 bits per heavy atom. The predicted molar refractivity (Wildman–Crippen MR) is 158 cm³/mol. The second-order valence-electron chi connectivity index (χ2n) is 11.5. The molecule has 236 valence electrons. The second-order valence-corrected chi connectivity index (χ2v) is 13.6. The van der Waals surface area contributed by atoms with Crippen molar-refractivity contribution in [1.82, 2.24) is 19.9 Å². The van der Waals surface area contributed by atoms with E-state index in [1.54, 1.807) is 16.4 Å². The van der Waals surface area contributed by atoms with Gasteiger partial charge in [-0.3, -0.25) is 18.9 Å². The number of ether oxygens (including phenoxy) is 1. The van der Waals surface area contributed by atoms with E-state index in [0.29, 0.717) is 63.3 Å². The molecular weight excluding hydrogens is 584 g/mol. The molecule has 4 heterocycles. The molecule has 3 saturated heterocycles. The van der Waals surface area contributed by atoms with Crippen LogP contribution in [0, 0.1) is 17.6 Å². The first kappa shape index (κ1) is 31.5. The van der Waals surface area contributed by atoms with Crippen molar-refractivity contribution >= 4 is 28.5 Å². The van der Waals surface area contributed by atoms with Gasteiger partial charge in [0.15, 0.2) is 0 Å². The highest BCUT2D eigenvalue weighted by Gasteiger charge is 2.39. The number of amides is 2. The Morgan fingerprint density at radius 1 is 1.14 bits per heavy atom. The molecule has 3 aliphatic heterocycles. The number of carbonyl (C=O) groups excluding carboxylic acids is 1. The number of carbonyl (C=O) groups is 2. The van der Waals surface area contributed by atoms with Crippen LogP contribution < -0.4 is 16.0 Å². The molecule has 0 saturated carbocycles. The quantitative estimate of drug-likeness (QED) is 0.241. The maximum Gasteiger partial charge on any atom is 0.405 e. The zero-order chi connectivity index (χ0) is 30.6. The Labute approximate surface area is 250 Å². The first-order valence-corrected chi connectivity index (χ1v) is 16.3. The van der Waals surface area contributed by atoms with Gasteiger partial charge in [0.2, 0.25) is 5.91 Å². The minimum absolute atomic E-state index is 0.108. The van der Waals surface area contributed by atoms with Crippen LogP contribution in [-0.2, 0) is 16.0 Å². The standard InChI is InChI=1S/C29H39F2N5O6S/c30-20-5-3-18(4-6-20)26(19-9-11-42-12-10-19)27(35-29(38)39)28(37)34-25-16-32-15-24(31)23(25)8-7-22-14-33-21-2-1-13-43(40,41)36(22)17-21/h3-6,15-16,19,21-22,26-27,33,35,40-41H,1-2,7-14,17H2,(H,34,37)(H,38,39)/t21-,22+,26+,27+/m1/s1. The normalized spacial score (nSPS) is 26.0. The Balaban J connectivity index is 1.38. The van der Waals surface area contributed by atoms with Gasteiger partial charge in [-0.1, -0.05) is 12.1 Å². The van der Waals surface area contributed by atoms with E-state index in [0.717, 1.165) is 12.6 Å². The highest BCUT2D eigenvalue weighted by Crippen LogP contribution is 2.49. The molecule has 2 amide bonds. The van der Waals surface area contributed by atoms with Gasteiger partial charge in [0.05, 0.1) is 23.8 Å². The zero-order valence-electron chi connectivity index (χ0n) is 23.8. The van der Waals surface area contributed by atoms with Gasteiger partial charge in [0.25, 0.3) is 0 Å². The summed E-state index contributed by atoms with van der Waals surface area (Å²) in [6.45, 7) is 1.90. The maximum absolute atomic E-state index is 15.2. The zero-order valence-corrected chi connectivity index (χ0v) is 24.6. The average Bonchev–Trinajstić information content (AvgIpc) is 3.09. The van der Waals surface area contributed by atoms with Crippen molar-refractivity contribution in [3.8, 4) is 0 Å². The van der Waals surface area contributed by atoms with Gasteiger partial charge < -0.3 is 25.8 Å². The van der Waals surface area contributed by atoms with Gasteiger partial charge >= 0.3 is 6.09 Å². The summed E-state index contributed by atoms with van der Waals surface area (Å²) in [6, 6.07) is 4.27. The fourth-order valence-electron chi connectivity index (χ4n) is 6.57. The summed E-state index contributed by atoms with van der Waals surface area (Å²) in [6.07, 6.45) is 4.24. The summed E-state index contributed by atoms with van der Waals surface area (Å²) < 4.78 is 57.8. The van der Waals surface area contributed by atoms with Crippen molar-refractivity contribution in [1.29, 1.82) is 0 Å². The number of aromatic nitrogens is 1. The molecule has 2 bridgehead atoms. The van der Waals surface area contributed by atoms with Crippen LogP contribution in [0.4, 0.5) is 19.3 Å². The van der Waals surface area contributed by atoms with Crippen molar-refractivity contribution in [2.75, 3.05) is 37.4 Å². The van der Waals surface area contributed by atoms with Crippen molar-refractivity contribution in [3.63, 3.8) is 0 Å². The largest absolute Gasteiger partial charge is 0.465 e. The first-order valence-electron chi connectivity index (χ1n) is 14.6. The van der Waals surface area contributed by atoms with Crippen LogP contribution in [0.5, 0.6) is 0 Å². The number of pyridine rings is 1. The van der Waals surface area contributed by atoms with E-state index in [-0.39, 0.29) is 35.7 Å². The number of nitrogens with zero attached hydrogens (tertiary/aromatic N) is 2. The number of fused-ring (bicyclic) bond motifs is 2. The van der Waals surface area contributed by atoms with E-state index in [1.165, 1.54) is 18.3 Å². The number of rotatable bonds is 9. The van der Waals surface area contributed by atoms with Crippen LogP contribution in [0.1, 0.15) is 49.1 Å². The number of piperazine rings is 1. The van der Waals surface area contributed by atoms with Gasteiger partial charge in [0, 0.05) is 49.9 Å². The molecule has 2 aromatic rings. The van der Waals surface area contributed by atoms with Gasteiger partial charge in [-0.2, -0.15) is 0 Å². The van der Waals surface area contributed by atoms with Crippen LogP contribution in [0.25, 0.3) is 0 Å². The number of anilines is 1. The molecule has 0 spiro atoms. The van der Waals surface area contributed by atoms with Gasteiger partial charge in [-0.15, -0.1) is 10.8 Å². The molecule has 1 aromatic carbocycles. The van der Waals surface area contributed by atoms with E-state index in [4.69, 9.17) is 4.74 Å². The number of nitrogens with one attached hydrogen (secondary N) is 3. The van der Waals surface area contributed by atoms with E-state index in [2.05, 4.69) is 20.9 Å². The smallest absolute Gasteiger partial charge is 0.405 e. The average molecular weight is 624 g/mol. The summed E-state index contributed by atoms with van der Waals surface area (Å²) in [5.41, 5.74) is 0.894. The molecule has 1 aromatic heterocycles. The molecule has 5 rings (SSSR count). The number of halogens is 2. The van der Waals surface area contributed by atoms with Gasteiger partial charge in [0.1, 0.15) is 17.7 Å². The number of benzene rings is 1. The minimum atomic E-state index is -2.94. The van der Waals surface area contributed by atoms with E-state index < -0.39 is 46.4 Å². The summed E-state index contributed by atoms with van der Waals surface area (Å²) >= 11 is 0. The highest BCUT2D eigenvalue weighted by atomic mass is 32.3. The molecule has 11 nitrogen and oxygen atoms in total. The number of hydrogen-bond acceptors (Lipinski definition) is 8. The summed E-state index contributed by atoms with van der Waals surface area (Å²) in [5, 5.41) is 18.2. The maximum atomic E-state index is 15.2. The number of hydrogen-bond donors (Lipinski definition) is 6. The van der Waals surface area contributed by atoms with Crippen LogP contribution >= 0.6 is 10.8 Å². The monoisotopic (exact) mass is 623 g/mol. The lowest BCUT2D eigenvalue weighted by Gasteiger charge is -2.49. The third-order valence-electron chi connectivity index (χ3n) is 8.74. The van der Waals surface area contributed by atoms with Crippen LogP contribution in [-0.4, -0.2) is 85.7 Å². The lowest BCUT2D eigenvalue weighted by atomic mass is 9.76. The molecule has 5 atom stereocenters. The molecule has 14 heteroatoms. The van der Waals surface area contributed by atoms with Crippen molar-refractivity contribution in [2.24, 2.45) is 5.92 Å². The molecule has 6 N–H and O–H groups in total. The Kier molecular flexibility index (Phi) is 10.1. The third kappa shape index (κ3) is 7.62. The third-order valence-corrected chi connectivity index (χ3v) is 10.8. The van der Waals surface area contributed by atoms with Gasteiger partial charge in [-0.05, 0) is 62.1 Å². The predicted octanol–water partition coefficient (Wildman–Crippen LogP) is 4.18. The highest BCUT2D eigenvalue weighted by molar-refractivity contribution is 8.22. The Hall–Kier alpha value is -2.88. The summed E-state index contributed by atoms with van der Waals surface area (Å²) in [5.74, 6) is -2.26. The van der Waals surface area contributed by atoms with E-state index in [1.807, 2.05) is 0 Å². The van der Waals surface area contributed by atoms with Crippen LogP contribution in [0.15, 0.2) is 36.7 Å². The second kappa shape index (κ2) is 13.8. The molecular formula is C29H39F2N5O6S. The van der Waals surface area contributed by atoms with Gasteiger partial charge in [-0.25, -0.2) is 17.9 Å². The fourth-order valence-corrected chi connectivity index (χ4v) is 8.43. The summed E-state index contributed by atoms with van der Waals surface area (Å²) in [4.78, 5) is 29.7. The Morgan fingerprint density at radius 3 is 2.60 bits per heavy atom.